The largest absolute Gasteiger partial charge is 0.348 e. The number of sulfone groups is 1. The zero-order chi connectivity index (χ0) is 22.4. The van der Waals surface area contributed by atoms with E-state index in [1.165, 1.54) is 18.2 Å². The number of carbonyl (C=O) groups is 1. The maximum Gasteiger partial charge on any atom is 0.285 e. The van der Waals surface area contributed by atoms with Crippen molar-refractivity contribution in [2.45, 2.75) is 41.6 Å². The quantitative estimate of drug-likeness (QED) is 0.744. The summed E-state index contributed by atoms with van der Waals surface area (Å²) >= 11 is 0. The molecule has 0 aliphatic carbocycles. The van der Waals surface area contributed by atoms with E-state index in [1.54, 1.807) is 35.2 Å². The Labute approximate surface area is 182 Å². The van der Waals surface area contributed by atoms with Crippen LogP contribution in [0, 0.1) is 0 Å². The van der Waals surface area contributed by atoms with Crippen molar-refractivity contribution >= 4 is 31.6 Å². The lowest BCUT2D eigenvalue weighted by Crippen LogP contribution is -2.46. The van der Waals surface area contributed by atoms with Gasteiger partial charge in [-0.1, -0.05) is 24.3 Å². The fourth-order valence-corrected chi connectivity index (χ4v) is 5.83. The van der Waals surface area contributed by atoms with E-state index in [9.17, 15) is 21.6 Å². The summed E-state index contributed by atoms with van der Waals surface area (Å²) in [6.45, 7) is 2.36. The van der Waals surface area contributed by atoms with Gasteiger partial charge in [-0.15, -0.1) is 4.40 Å². The lowest BCUT2D eigenvalue weighted by molar-refractivity contribution is -0.125. The standard InChI is InChI=1S/C21H23N3O5S2/c1-14(15-9-11-16(12-10-15)30(2,26)27)22-21(25)18-7-5-13-24(18)20-17-6-3-4-8-19(17)31(28,29)23-20/h3-4,6,8-12,14,18H,5,7,13H2,1-2H3,(H,22,25)/t14?,18-/m0/s1. The summed E-state index contributed by atoms with van der Waals surface area (Å²) in [7, 11) is -7.05. The van der Waals surface area contributed by atoms with Crippen LogP contribution >= 0.6 is 0 Å². The van der Waals surface area contributed by atoms with Crippen molar-refractivity contribution in [3.05, 3.63) is 59.7 Å². The molecule has 0 aromatic heterocycles. The van der Waals surface area contributed by atoms with Gasteiger partial charge in [0.2, 0.25) is 5.91 Å². The highest BCUT2D eigenvalue weighted by Crippen LogP contribution is 2.31. The predicted octanol–water partition coefficient (Wildman–Crippen LogP) is 1.88. The van der Waals surface area contributed by atoms with Gasteiger partial charge in [-0.2, -0.15) is 8.42 Å². The molecule has 2 atom stereocenters. The number of benzene rings is 2. The van der Waals surface area contributed by atoms with E-state index in [4.69, 9.17) is 0 Å². The van der Waals surface area contributed by atoms with E-state index in [0.29, 0.717) is 24.4 Å². The molecule has 0 saturated carbocycles. The molecular formula is C21H23N3O5S2. The van der Waals surface area contributed by atoms with Crippen LogP contribution in [-0.2, 0) is 24.7 Å². The molecule has 0 bridgehead atoms. The first-order valence-corrected chi connectivity index (χ1v) is 13.2. The Morgan fingerprint density at radius 3 is 2.52 bits per heavy atom. The third-order valence-corrected chi connectivity index (χ3v) is 8.06. The Morgan fingerprint density at radius 2 is 1.84 bits per heavy atom. The summed E-state index contributed by atoms with van der Waals surface area (Å²) in [5.74, 6) is 0.0973. The van der Waals surface area contributed by atoms with Gasteiger partial charge >= 0.3 is 0 Å². The lowest BCUT2D eigenvalue weighted by Gasteiger charge is -2.27. The number of carbonyl (C=O) groups excluding carboxylic acids is 1. The molecule has 2 aliphatic heterocycles. The van der Waals surface area contributed by atoms with Gasteiger partial charge in [0, 0.05) is 18.4 Å². The topological polar surface area (TPSA) is 113 Å². The molecule has 1 fully saturated rings. The first-order valence-electron chi connectivity index (χ1n) is 9.89. The molecule has 1 unspecified atom stereocenters. The van der Waals surface area contributed by atoms with Crippen molar-refractivity contribution in [1.82, 2.24) is 10.2 Å². The Morgan fingerprint density at radius 1 is 1.16 bits per heavy atom. The molecule has 2 aromatic rings. The molecule has 1 saturated heterocycles. The molecule has 164 valence electrons. The molecule has 31 heavy (non-hydrogen) atoms. The van der Waals surface area contributed by atoms with Gasteiger partial charge in [0.25, 0.3) is 10.0 Å². The predicted molar refractivity (Wildman–Crippen MR) is 116 cm³/mol. The van der Waals surface area contributed by atoms with Crippen LogP contribution in [0.2, 0.25) is 0 Å². The summed E-state index contributed by atoms with van der Waals surface area (Å²) in [6, 6.07) is 12.2. The molecule has 10 heteroatoms. The van der Waals surface area contributed by atoms with Gasteiger partial charge in [-0.3, -0.25) is 4.79 Å². The number of nitrogens with one attached hydrogen (secondary N) is 1. The third-order valence-electron chi connectivity index (χ3n) is 5.61. The van der Waals surface area contributed by atoms with Crippen LogP contribution in [0.3, 0.4) is 0 Å². The highest BCUT2D eigenvalue weighted by atomic mass is 32.2. The summed E-state index contributed by atoms with van der Waals surface area (Å²) < 4.78 is 52.0. The van der Waals surface area contributed by atoms with Crippen molar-refractivity contribution in [3.63, 3.8) is 0 Å². The van der Waals surface area contributed by atoms with Crippen LogP contribution in [0.4, 0.5) is 0 Å². The second-order valence-electron chi connectivity index (χ2n) is 7.81. The minimum Gasteiger partial charge on any atom is -0.348 e. The highest BCUT2D eigenvalue weighted by Gasteiger charge is 2.39. The van der Waals surface area contributed by atoms with Gasteiger partial charge < -0.3 is 10.2 Å². The minimum absolute atomic E-state index is 0.162. The zero-order valence-electron chi connectivity index (χ0n) is 17.1. The van der Waals surface area contributed by atoms with E-state index < -0.39 is 25.9 Å². The van der Waals surface area contributed by atoms with Gasteiger partial charge in [-0.05, 0) is 49.6 Å². The number of nitrogens with zero attached hydrogens (tertiary/aromatic N) is 2. The fourth-order valence-electron chi connectivity index (χ4n) is 3.99. The number of amides is 1. The normalized spacial score (nSPS) is 20.8. The molecular weight excluding hydrogens is 438 g/mol. The Kier molecular flexibility index (Phi) is 5.38. The Bertz CT molecular complexity index is 1270. The van der Waals surface area contributed by atoms with E-state index >= 15 is 0 Å². The number of hydrogen-bond donors (Lipinski definition) is 1. The average Bonchev–Trinajstić information content (AvgIpc) is 3.30. The van der Waals surface area contributed by atoms with Gasteiger partial charge in [0.05, 0.1) is 10.9 Å². The van der Waals surface area contributed by atoms with Crippen LogP contribution in [0.5, 0.6) is 0 Å². The lowest BCUT2D eigenvalue weighted by atomic mass is 10.1. The highest BCUT2D eigenvalue weighted by molar-refractivity contribution is 7.91. The van der Waals surface area contributed by atoms with E-state index in [-0.39, 0.29) is 21.7 Å². The molecule has 2 heterocycles. The smallest absolute Gasteiger partial charge is 0.285 e. The van der Waals surface area contributed by atoms with Gasteiger partial charge in [-0.25, -0.2) is 8.42 Å². The van der Waals surface area contributed by atoms with Crippen molar-refractivity contribution in [2.75, 3.05) is 12.8 Å². The Hall–Kier alpha value is -2.72. The summed E-state index contributed by atoms with van der Waals surface area (Å²) in [6.07, 6.45) is 2.48. The van der Waals surface area contributed by atoms with Crippen LogP contribution in [0.1, 0.15) is 36.9 Å². The maximum absolute atomic E-state index is 13.0. The van der Waals surface area contributed by atoms with Gasteiger partial charge in [0.1, 0.15) is 10.9 Å². The average molecular weight is 462 g/mol. The molecule has 0 radical (unpaired) electrons. The van der Waals surface area contributed by atoms with Crippen LogP contribution in [0.15, 0.2) is 62.7 Å². The number of rotatable bonds is 4. The number of amidine groups is 1. The van der Waals surface area contributed by atoms with Crippen molar-refractivity contribution in [1.29, 1.82) is 0 Å². The van der Waals surface area contributed by atoms with Crippen molar-refractivity contribution < 1.29 is 21.6 Å². The van der Waals surface area contributed by atoms with Gasteiger partial charge in [0.15, 0.2) is 15.7 Å². The molecule has 0 spiro atoms. The molecule has 2 aromatic carbocycles. The molecule has 8 nitrogen and oxygen atoms in total. The maximum atomic E-state index is 13.0. The SMILES string of the molecule is CC(NC(=O)[C@@H]1CCCN1C1=NS(=O)(=O)c2ccccc21)c1ccc(S(C)(=O)=O)cc1. The molecule has 1 N–H and O–H groups in total. The molecule has 1 amide bonds. The van der Waals surface area contributed by atoms with E-state index in [2.05, 4.69) is 9.71 Å². The number of fused-ring (bicyclic) bond motifs is 1. The van der Waals surface area contributed by atoms with Crippen LogP contribution in [0.25, 0.3) is 0 Å². The second kappa shape index (κ2) is 7.76. The third kappa shape index (κ3) is 4.09. The summed E-state index contributed by atoms with van der Waals surface area (Å²) in [4.78, 5) is 15.2. The van der Waals surface area contributed by atoms with E-state index in [1.807, 2.05) is 6.92 Å². The number of hydrogen-bond acceptors (Lipinski definition) is 6. The second-order valence-corrected chi connectivity index (χ2v) is 11.4. The molecule has 2 aliphatic rings. The van der Waals surface area contributed by atoms with E-state index in [0.717, 1.165) is 18.2 Å². The first-order chi connectivity index (χ1) is 14.6. The zero-order valence-corrected chi connectivity index (χ0v) is 18.8. The monoisotopic (exact) mass is 461 g/mol. The summed E-state index contributed by atoms with van der Waals surface area (Å²) in [5, 5.41) is 2.96. The Balaban J connectivity index is 1.53. The number of sulfonamides is 1. The summed E-state index contributed by atoms with van der Waals surface area (Å²) in [5.41, 5.74) is 1.29. The fraction of sp³-hybridized carbons (Fsp3) is 0.333. The van der Waals surface area contributed by atoms with Crippen LogP contribution < -0.4 is 5.32 Å². The minimum atomic E-state index is -3.76. The number of likely N-dealkylation sites (tertiary alicyclic amines) is 1. The first kappa shape index (κ1) is 21.5. The molecule has 4 rings (SSSR count). The van der Waals surface area contributed by atoms with Crippen LogP contribution in [-0.4, -0.2) is 52.3 Å². The van der Waals surface area contributed by atoms with Crippen molar-refractivity contribution in [3.8, 4) is 0 Å². The van der Waals surface area contributed by atoms with Crippen molar-refractivity contribution in [2.24, 2.45) is 4.40 Å².